The molecular formula is C21H20N4O2. The van der Waals surface area contributed by atoms with E-state index in [1.54, 1.807) is 24.5 Å². The molecule has 0 atom stereocenters. The van der Waals surface area contributed by atoms with Crippen molar-refractivity contribution in [2.24, 2.45) is 0 Å². The Morgan fingerprint density at radius 2 is 1.67 bits per heavy atom. The van der Waals surface area contributed by atoms with E-state index in [1.165, 1.54) is 12.3 Å². The van der Waals surface area contributed by atoms with Crippen molar-refractivity contribution < 1.29 is 9.59 Å². The number of carbonyl (C=O) groups is 2. The minimum Gasteiger partial charge on any atom is -0.352 e. The highest BCUT2D eigenvalue weighted by Gasteiger charge is 2.11. The van der Waals surface area contributed by atoms with Gasteiger partial charge in [-0.05, 0) is 35.7 Å². The van der Waals surface area contributed by atoms with Crippen LogP contribution >= 0.6 is 0 Å². The number of rotatable bonds is 7. The fourth-order valence-electron chi connectivity index (χ4n) is 2.54. The highest BCUT2D eigenvalue weighted by atomic mass is 16.2. The molecule has 0 aliphatic rings. The summed E-state index contributed by atoms with van der Waals surface area (Å²) in [6, 6.07) is 16.7. The predicted molar refractivity (Wildman–Crippen MR) is 102 cm³/mol. The lowest BCUT2D eigenvalue weighted by molar-refractivity contribution is 0.0946. The Kier molecular flexibility index (Phi) is 6.25. The van der Waals surface area contributed by atoms with E-state index < -0.39 is 0 Å². The second kappa shape index (κ2) is 9.24. The summed E-state index contributed by atoms with van der Waals surface area (Å²) in [4.78, 5) is 32.6. The summed E-state index contributed by atoms with van der Waals surface area (Å²) in [5.41, 5.74) is 2.66. The Morgan fingerprint density at radius 3 is 2.44 bits per heavy atom. The van der Waals surface area contributed by atoms with Crippen LogP contribution < -0.4 is 10.6 Å². The summed E-state index contributed by atoms with van der Waals surface area (Å²) in [5, 5.41) is 5.64. The van der Waals surface area contributed by atoms with Crippen LogP contribution in [0, 0.1) is 0 Å². The highest BCUT2D eigenvalue weighted by molar-refractivity contribution is 5.98. The van der Waals surface area contributed by atoms with Gasteiger partial charge in [0, 0.05) is 37.2 Å². The number of amides is 2. The van der Waals surface area contributed by atoms with Crippen LogP contribution in [0.4, 0.5) is 0 Å². The summed E-state index contributed by atoms with van der Waals surface area (Å²) in [6.45, 7) is 0.871. The van der Waals surface area contributed by atoms with Crippen LogP contribution in [0.25, 0.3) is 0 Å². The van der Waals surface area contributed by atoms with E-state index in [0.29, 0.717) is 18.7 Å². The van der Waals surface area contributed by atoms with Crippen molar-refractivity contribution in [3.05, 3.63) is 95.6 Å². The molecule has 0 radical (unpaired) electrons. The Labute approximate surface area is 157 Å². The van der Waals surface area contributed by atoms with Crippen molar-refractivity contribution >= 4 is 11.8 Å². The molecule has 0 saturated heterocycles. The minimum absolute atomic E-state index is 0.203. The molecule has 2 amide bonds. The third kappa shape index (κ3) is 5.47. The van der Waals surface area contributed by atoms with Gasteiger partial charge in [-0.25, -0.2) is 0 Å². The third-order valence-corrected chi connectivity index (χ3v) is 3.97. The lowest BCUT2D eigenvalue weighted by Gasteiger charge is -2.08. The summed E-state index contributed by atoms with van der Waals surface area (Å²) < 4.78 is 0. The Morgan fingerprint density at radius 1 is 0.852 bits per heavy atom. The van der Waals surface area contributed by atoms with Crippen LogP contribution in [0.5, 0.6) is 0 Å². The van der Waals surface area contributed by atoms with Crippen molar-refractivity contribution in [2.75, 3.05) is 6.54 Å². The van der Waals surface area contributed by atoms with Gasteiger partial charge in [-0.2, -0.15) is 0 Å². The van der Waals surface area contributed by atoms with Gasteiger partial charge in [-0.15, -0.1) is 0 Å². The molecule has 136 valence electrons. The van der Waals surface area contributed by atoms with Gasteiger partial charge in [0.1, 0.15) is 5.69 Å². The number of nitrogens with zero attached hydrogens (tertiary/aromatic N) is 2. The van der Waals surface area contributed by atoms with Gasteiger partial charge in [0.2, 0.25) is 0 Å². The summed E-state index contributed by atoms with van der Waals surface area (Å²) in [5.74, 6) is -0.563. The number of aromatic nitrogens is 2. The van der Waals surface area contributed by atoms with Crippen molar-refractivity contribution in [2.45, 2.75) is 13.0 Å². The molecule has 3 rings (SSSR count). The molecule has 0 fully saturated rings. The lowest BCUT2D eigenvalue weighted by atomic mass is 10.1. The van der Waals surface area contributed by atoms with E-state index in [4.69, 9.17) is 0 Å². The standard InChI is InChI=1S/C21H20N4O2/c26-20(24-11-8-16-5-2-1-3-6-16)18-9-12-23-19(13-18)21(27)25-15-17-7-4-10-22-14-17/h1-7,9-10,12-14H,8,11,15H2,(H,24,26)(H,25,27). The average Bonchev–Trinajstić information content (AvgIpc) is 2.73. The molecule has 2 aromatic heterocycles. The number of nitrogens with one attached hydrogen (secondary N) is 2. The van der Waals surface area contributed by atoms with E-state index in [1.807, 2.05) is 36.4 Å². The fraction of sp³-hybridized carbons (Fsp3) is 0.143. The maximum absolute atomic E-state index is 12.3. The van der Waals surface area contributed by atoms with Crippen LogP contribution in [0.2, 0.25) is 0 Å². The van der Waals surface area contributed by atoms with Crippen molar-refractivity contribution in [1.29, 1.82) is 0 Å². The lowest BCUT2D eigenvalue weighted by Crippen LogP contribution is -2.27. The third-order valence-electron chi connectivity index (χ3n) is 3.97. The predicted octanol–water partition coefficient (Wildman–Crippen LogP) is 2.38. The van der Waals surface area contributed by atoms with Crippen molar-refractivity contribution in [3.8, 4) is 0 Å². The maximum atomic E-state index is 12.3. The van der Waals surface area contributed by atoms with Crippen LogP contribution in [-0.2, 0) is 13.0 Å². The molecule has 27 heavy (non-hydrogen) atoms. The summed E-state index contributed by atoms with van der Waals surface area (Å²) >= 11 is 0. The monoisotopic (exact) mass is 360 g/mol. The normalized spacial score (nSPS) is 10.2. The van der Waals surface area contributed by atoms with Gasteiger partial charge in [-0.1, -0.05) is 36.4 Å². The number of pyridine rings is 2. The average molecular weight is 360 g/mol. The molecule has 2 N–H and O–H groups in total. The highest BCUT2D eigenvalue weighted by Crippen LogP contribution is 2.04. The van der Waals surface area contributed by atoms with Gasteiger partial charge in [-0.3, -0.25) is 19.6 Å². The van der Waals surface area contributed by atoms with E-state index in [-0.39, 0.29) is 17.5 Å². The molecule has 0 aliphatic heterocycles. The molecule has 2 heterocycles. The number of carbonyl (C=O) groups excluding carboxylic acids is 2. The van der Waals surface area contributed by atoms with Crippen LogP contribution in [-0.4, -0.2) is 28.3 Å². The first-order valence-corrected chi connectivity index (χ1v) is 8.67. The summed E-state index contributed by atoms with van der Waals surface area (Å²) in [7, 11) is 0. The molecule has 0 unspecified atom stereocenters. The zero-order chi connectivity index (χ0) is 18.9. The smallest absolute Gasteiger partial charge is 0.270 e. The first-order chi connectivity index (χ1) is 13.2. The van der Waals surface area contributed by atoms with Crippen molar-refractivity contribution in [1.82, 2.24) is 20.6 Å². The van der Waals surface area contributed by atoms with Gasteiger partial charge < -0.3 is 10.6 Å². The maximum Gasteiger partial charge on any atom is 0.270 e. The van der Waals surface area contributed by atoms with E-state index in [9.17, 15) is 9.59 Å². The zero-order valence-corrected chi connectivity index (χ0v) is 14.8. The topological polar surface area (TPSA) is 84.0 Å². The largest absolute Gasteiger partial charge is 0.352 e. The molecule has 0 aliphatic carbocycles. The molecule has 3 aromatic rings. The van der Waals surface area contributed by atoms with Gasteiger partial charge in [0.25, 0.3) is 11.8 Å². The molecule has 1 aromatic carbocycles. The molecular weight excluding hydrogens is 340 g/mol. The Hall–Kier alpha value is -3.54. The number of hydrogen-bond acceptors (Lipinski definition) is 4. The first kappa shape index (κ1) is 18.3. The number of hydrogen-bond donors (Lipinski definition) is 2. The number of benzene rings is 1. The molecule has 6 nitrogen and oxygen atoms in total. The van der Waals surface area contributed by atoms with Crippen molar-refractivity contribution in [3.63, 3.8) is 0 Å². The zero-order valence-electron chi connectivity index (χ0n) is 14.8. The van der Waals surface area contributed by atoms with Crippen LogP contribution in [0.3, 0.4) is 0 Å². The minimum atomic E-state index is -0.335. The molecule has 0 bridgehead atoms. The van der Waals surface area contributed by atoms with E-state index >= 15 is 0 Å². The van der Waals surface area contributed by atoms with Gasteiger partial charge in [0.15, 0.2) is 0 Å². The fourth-order valence-corrected chi connectivity index (χ4v) is 2.54. The SMILES string of the molecule is O=C(NCCc1ccccc1)c1ccnc(C(=O)NCc2cccnc2)c1. The Balaban J connectivity index is 1.54. The second-order valence-corrected chi connectivity index (χ2v) is 5.97. The molecule has 0 spiro atoms. The van der Waals surface area contributed by atoms with E-state index in [0.717, 1.165) is 17.5 Å². The quantitative estimate of drug-likeness (QED) is 0.678. The molecule has 0 saturated carbocycles. The van der Waals surface area contributed by atoms with Crippen LogP contribution in [0.15, 0.2) is 73.2 Å². The summed E-state index contributed by atoms with van der Waals surface area (Å²) in [6.07, 6.45) is 5.57. The van der Waals surface area contributed by atoms with Crippen LogP contribution in [0.1, 0.15) is 32.0 Å². The van der Waals surface area contributed by atoms with Gasteiger partial charge in [0.05, 0.1) is 0 Å². The van der Waals surface area contributed by atoms with Gasteiger partial charge >= 0.3 is 0 Å². The first-order valence-electron chi connectivity index (χ1n) is 8.67. The Bertz CT molecular complexity index is 898. The second-order valence-electron chi connectivity index (χ2n) is 5.97. The van der Waals surface area contributed by atoms with E-state index in [2.05, 4.69) is 20.6 Å². The molecule has 6 heteroatoms.